The number of benzene rings is 3. The van der Waals surface area contributed by atoms with Crippen LogP contribution in [0.3, 0.4) is 0 Å². The molecule has 37 heavy (non-hydrogen) atoms. The average molecular weight is 520 g/mol. The summed E-state index contributed by atoms with van der Waals surface area (Å²) in [5.74, 6) is -0.524. The van der Waals surface area contributed by atoms with Crippen LogP contribution in [0.15, 0.2) is 72.3 Å². The maximum absolute atomic E-state index is 13.5. The third-order valence-corrected chi connectivity index (χ3v) is 6.59. The van der Waals surface area contributed by atoms with Gasteiger partial charge in [-0.25, -0.2) is 0 Å². The average Bonchev–Trinajstić information content (AvgIpc) is 3.15. The van der Waals surface area contributed by atoms with Crippen LogP contribution in [0.1, 0.15) is 56.3 Å². The zero-order valence-electron chi connectivity index (χ0n) is 21.3. The lowest BCUT2D eigenvalue weighted by molar-refractivity contribution is -0.132. The number of hydrogen-bond donors (Lipinski definition) is 1. The van der Waals surface area contributed by atoms with Crippen LogP contribution >= 0.6 is 11.6 Å². The Balaban J connectivity index is 1.91. The van der Waals surface area contributed by atoms with Crippen molar-refractivity contribution in [3.05, 3.63) is 94.0 Å². The maximum Gasteiger partial charge on any atom is 0.300 e. The fourth-order valence-corrected chi connectivity index (χ4v) is 4.61. The van der Waals surface area contributed by atoms with E-state index in [1.54, 1.807) is 42.5 Å². The standard InChI is InChI=1S/C30H30ClNO5/c1-5-36-23-9-7-8-22(17-23)32-27(20-12-10-19(11-13-20)18(3)4)26(29(34)30(32)35)28(33)21-14-15-24(31)25(16-21)37-6-2/h7-18,27,33H,5-6H2,1-4H3/b28-26+. The molecule has 0 radical (unpaired) electrons. The number of anilines is 1. The number of hydrogen-bond acceptors (Lipinski definition) is 5. The molecule has 1 aliphatic heterocycles. The molecule has 1 atom stereocenters. The molecule has 1 heterocycles. The molecule has 3 aromatic carbocycles. The number of carbonyl (C=O) groups excluding carboxylic acids is 2. The largest absolute Gasteiger partial charge is 0.507 e. The summed E-state index contributed by atoms with van der Waals surface area (Å²) < 4.78 is 11.2. The SMILES string of the molecule is CCOc1cccc(N2C(=O)C(=O)/C(=C(/O)c3ccc(Cl)c(OCC)c3)C2c2ccc(C(C)C)cc2)c1. The summed E-state index contributed by atoms with van der Waals surface area (Å²) in [6.45, 7) is 8.73. The van der Waals surface area contributed by atoms with Crippen LogP contribution in [0.4, 0.5) is 5.69 Å². The molecule has 1 amide bonds. The second-order valence-corrected chi connectivity index (χ2v) is 9.41. The van der Waals surface area contributed by atoms with Gasteiger partial charge in [0.15, 0.2) is 0 Å². The topological polar surface area (TPSA) is 76.1 Å². The predicted octanol–water partition coefficient (Wildman–Crippen LogP) is 6.89. The van der Waals surface area contributed by atoms with Gasteiger partial charge in [-0.3, -0.25) is 14.5 Å². The van der Waals surface area contributed by atoms with Crippen LogP contribution in [-0.2, 0) is 9.59 Å². The van der Waals surface area contributed by atoms with Crippen molar-refractivity contribution in [1.82, 2.24) is 0 Å². The van der Waals surface area contributed by atoms with E-state index in [0.29, 0.717) is 52.5 Å². The summed E-state index contributed by atoms with van der Waals surface area (Å²) in [5, 5.41) is 11.8. The second-order valence-electron chi connectivity index (χ2n) is 9.00. The van der Waals surface area contributed by atoms with Crippen molar-refractivity contribution in [3.8, 4) is 11.5 Å². The van der Waals surface area contributed by atoms with Crippen LogP contribution in [0.2, 0.25) is 5.02 Å². The molecule has 1 saturated heterocycles. The Hall–Kier alpha value is -3.77. The van der Waals surface area contributed by atoms with E-state index >= 15 is 0 Å². The lowest BCUT2D eigenvalue weighted by Gasteiger charge is -2.26. The number of Topliss-reactive ketones (excluding diaryl/α,β-unsaturated/α-hetero) is 1. The van der Waals surface area contributed by atoms with Gasteiger partial charge >= 0.3 is 0 Å². The number of ether oxygens (including phenoxy) is 2. The molecule has 0 aromatic heterocycles. The van der Waals surface area contributed by atoms with E-state index < -0.39 is 17.7 Å². The molecule has 0 aliphatic carbocycles. The Morgan fingerprint density at radius 2 is 1.68 bits per heavy atom. The van der Waals surface area contributed by atoms with Crippen molar-refractivity contribution < 1.29 is 24.2 Å². The van der Waals surface area contributed by atoms with Crippen LogP contribution in [0.25, 0.3) is 5.76 Å². The molecule has 1 unspecified atom stereocenters. The van der Waals surface area contributed by atoms with E-state index in [1.165, 1.54) is 4.90 Å². The van der Waals surface area contributed by atoms with Crippen LogP contribution in [0.5, 0.6) is 11.5 Å². The van der Waals surface area contributed by atoms with E-state index in [-0.39, 0.29) is 11.3 Å². The van der Waals surface area contributed by atoms with Crippen LogP contribution < -0.4 is 14.4 Å². The van der Waals surface area contributed by atoms with E-state index in [0.717, 1.165) is 5.56 Å². The third-order valence-electron chi connectivity index (χ3n) is 6.27. The zero-order valence-corrected chi connectivity index (χ0v) is 22.1. The first kappa shape index (κ1) is 26.3. The molecule has 0 spiro atoms. The Kier molecular flexibility index (Phi) is 7.89. The Labute approximate surface area is 222 Å². The van der Waals surface area contributed by atoms with Crippen molar-refractivity contribution in [2.24, 2.45) is 0 Å². The number of aliphatic hydroxyl groups excluding tert-OH is 1. The highest BCUT2D eigenvalue weighted by molar-refractivity contribution is 6.51. The molecule has 0 bridgehead atoms. The zero-order chi connectivity index (χ0) is 26.7. The van der Waals surface area contributed by atoms with Crippen LogP contribution in [0, 0.1) is 0 Å². The molecule has 3 aromatic rings. The molecule has 0 saturated carbocycles. The fraction of sp³-hybridized carbons (Fsp3) is 0.267. The van der Waals surface area contributed by atoms with Crippen LogP contribution in [-0.4, -0.2) is 30.0 Å². The number of carbonyl (C=O) groups is 2. The Bertz CT molecular complexity index is 1350. The van der Waals surface area contributed by atoms with Gasteiger partial charge in [0.1, 0.15) is 17.3 Å². The number of halogens is 1. The smallest absolute Gasteiger partial charge is 0.300 e. The molecule has 1 fully saturated rings. The van der Waals surface area contributed by atoms with Crippen molar-refractivity contribution in [1.29, 1.82) is 0 Å². The first-order chi connectivity index (χ1) is 17.8. The number of ketones is 1. The molecular weight excluding hydrogens is 490 g/mol. The van der Waals surface area contributed by atoms with E-state index in [4.69, 9.17) is 21.1 Å². The van der Waals surface area contributed by atoms with Crippen molar-refractivity contribution in [3.63, 3.8) is 0 Å². The monoisotopic (exact) mass is 519 g/mol. The molecule has 1 aliphatic rings. The lowest BCUT2D eigenvalue weighted by Crippen LogP contribution is -2.29. The predicted molar refractivity (Wildman–Crippen MR) is 146 cm³/mol. The van der Waals surface area contributed by atoms with E-state index in [9.17, 15) is 14.7 Å². The minimum atomic E-state index is -0.843. The molecular formula is C30H30ClNO5. The summed E-state index contributed by atoms with van der Waals surface area (Å²) >= 11 is 6.24. The van der Waals surface area contributed by atoms with E-state index in [2.05, 4.69) is 13.8 Å². The van der Waals surface area contributed by atoms with Gasteiger partial charge in [0, 0.05) is 17.3 Å². The number of rotatable bonds is 8. The summed E-state index contributed by atoms with van der Waals surface area (Å²) in [6, 6.07) is 18.7. The number of amides is 1. The highest BCUT2D eigenvalue weighted by Crippen LogP contribution is 2.43. The van der Waals surface area contributed by atoms with Gasteiger partial charge in [0.2, 0.25) is 0 Å². The van der Waals surface area contributed by atoms with Gasteiger partial charge in [-0.05, 0) is 61.2 Å². The summed E-state index contributed by atoms with van der Waals surface area (Å²) in [5.41, 5.74) is 2.65. The Morgan fingerprint density at radius 1 is 0.973 bits per heavy atom. The van der Waals surface area contributed by atoms with Crippen molar-refractivity contribution >= 4 is 34.7 Å². The minimum absolute atomic E-state index is 0.00567. The quantitative estimate of drug-likeness (QED) is 0.199. The lowest BCUT2D eigenvalue weighted by atomic mass is 9.93. The van der Waals surface area contributed by atoms with Gasteiger partial charge < -0.3 is 14.6 Å². The van der Waals surface area contributed by atoms with Gasteiger partial charge in [0.25, 0.3) is 11.7 Å². The Morgan fingerprint density at radius 3 is 2.32 bits per heavy atom. The van der Waals surface area contributed by atoms with Gasteiger partial charge in [-0.15, -0.1) is 0 Å². The molecule has 4 rings (SSSR count). The fourth-order valence-electron chi connectivity index (χ4n) is 4.44. The summed E-state index contributed by atoms with van der Waals surface area (Å²) in [4.78, 5) is 28.3. The van der Waals surface area contributed by atoms with Gasteiger partial charge in [-0.2, -0.15) is 0 Å². The first-order valence-electron chi connectivity index (χ1n) is 12.3. The van der Waals surface area contributed by atoms with E-state index in [1.807, 2.05) is 38.1 Å². The second kappa shape index (κ2) is 11.1. The van der Waals surface area contributed by atoms with Gasteiger partial charge in [-0.1, -0.05) is 55.8 Å². The summed E-state index contributed by atoms with van der Waals surface area (Å²) in [6.07, 6.45) is 0. The normalized spacial score (nSPS) is 16.9. The van der Waals surface area contributed by atoms with Crippen molar-refractivity contribution in [2.75, 3.05) is 18.1 Å². The molecule has 1 N–H and O–H groups in total. The van der Waals surface area contributed by atoms with Gasteiger partial charge in [0.05, 0.1) is 29.9 Å². The minimum Gasteiger partial charge on any atom is -0.507 e. The van der Waals surface area contributed by atoms with Crippen molar-refractivity contribution in [2.45, 2.75) is 39.7 Å². The highest BCUT2D eigenvalue weighted by Gasteiger charge is 2.47. The molecule has 6 nitrogen and oxygen atoms in total. The third kappa shape index (κ3) is 5.20. The summed E-state index contributed by atoms with van der Waals surface area (Å²) in [7, 11) is 0. The number of nitrogens with zero attached hydrogens (tertiary/aromatic N) is 1. The molecule has 7 heteroatoms. The molecule has 192 valence electrons. The highest BCUT2D eigenvalue weighted by atomic mass is 35.5. The maximum atomic E-state index is 13.5. The first-order valence-corrected chi connectivity index (χ1v) is 12.7. The number of aliphatic hydroxyl groups is 1.